The Bertz CT molecular complexity index is 834. The number of H-pyrrole nitrogens is 1. The highest BCUT2D eigenvalue weighted by Crippen LogP contribution is 2.24. The van der Waals surface area contributed by atoms with E-state index >= 15 is 0 Å². The summed E-state index contributed by atoms with van der Waals surface area (Å²) in [6.45, 7) is 7.92. The fraction of sp³-hybridized carbons (Fsp3) is 0.652. The normalized spacial score (nSPS) is 20.4. The largest absolute Gasteiger partial charge is 0.460 e. The third-order valence-electron chi connectivity index (χ3n) is 6.34. The van der Waals surface area contributed by atoms with Gasteiger partial charge in [0.25, 0.3) is 5.91 Å². The van der Waals surface area contributed by atoms with Gasteiger partial charge in [-0.05, 0) is 63.7 Å². The molecule has 0 radical (unpaired) electrons. The van der Waals surface area contributed by atoms with Crippen molar-refractivity contribution >= 4 is 5.91 Å². The van der Waals surface area contributed by atoms with Gasteiger partial charge >= 0.3 is 0 Å². The molecule has 170 valence electrons. The summed E-state index contributed by atoms with van der Waals surface area (Å²) in [6, 6.07) is 5.58. The van der Waals surface area contributed by atoms with Gasteiger partial charge in [-0.25, -0.2) is 0 Å². The third-order valence-corrected chi connectivity index (χ3v) is 6.34. The number of furan rings is 1. The molecular formula is C23H34N4O4. The third kappa shape index (κ3) is 5.75. The van der Waals surface area contributed by atoms with Crippen LogP contribution in [-0.2, 0) is 9.47 Å². The second-order valence-corrected chi connectivity index (χ2v) is 8.70. The number of amides is 1. The highest BCUT2D eigenvalue weighted by atomic mass is 16.5. The molecule has 4 heterocycles. The lowest BCUT2D eigenvalue weighted by Gasteiger charge is -2.35. The van der Waals surface area contributed by atoms with Gasteiger partial charge in [-0.1, -0.05) is 0 Å². The second-order valence-electron chi connectivity index (χ2n) is 8.70. The van der Waals surface area contributed by atoms with Crippen molar-refractivity contribution in [2.24, 2.45) is 5.92 Å². The van der Waals surface area contributed by atoms with Crippen LogP contribution in [0, 0.1) is 12.8 Å². The Morgan fingerprint density at radius 2 is 2.13 bits per heavy atom. The maximum absolute atomic E-state index is 13.4. The Morgan fingerprint density at radius 1 is 1.29 bits per heavy atom. The lowest BCUT2D eigenvalue weighted by atomic mass is 9.95. The van der Waals surface area contributed by atoms with Gasteiger partial charge in [0.15, 0.2) is 11.5 Å². The van der Waals surface area contributed by atoms with E-state index < -0.39 is 0 Å². The van der Waals surface area contributed by atoms with E-state index in [1.165, 1.54) is 0 Å². The number of rotatable bonds is 9. The van der Waals surface area contributed by atoms with Crippen LogP contribution in [0.4, 0.5) is 0 Å². The van der Waals surface area contributed by atoms with Crippen molar-refractivity contribution in [2.75, 3.05) is 53.0 Å². The van der Waals surface area contributed by atoms with Gasteiger partial charge in [-0.15, -0.1) is 0 Å². The summed E-state index contributed by atoms with van der Waals surface area (Å²) < 4.78 is 16.7. The first-order valence-electron chi connectivity index (χ1n) is 11.4. The Balaban J connectivity index is 1.41. The number of aryl methyl sites for hydroxylation is 1. The van der Waals surface area contributed by atoms with Crippen LogP contribution in [0.3, 0.4) is 0 Å². The van der Waals surface area contributed by atoms with Gasteiger partial charge < -0.3 is 23.7 Å². The molecule has 2 aliphatic rings. The maximum Gasteiger partial charge on any atom is 0.274 e. The zero-order chi connectivity index (χ0) is 21.6. The smallest absolute Gasteiger partial charge is 0.274 e. The summed E-state index contributed by atoms with van der Waals surface area (Å²) in [5, 5.41) is 7.25. The molecule has 0 aromatic carbocycles. The van der Waals surface area contributed by atoms with Crippen molar-refractivity contribution in [3.05, 3.63) is 29.7 Å². The van der Waals surface area contributed by atoms with E-state index in [0.717, 1.165) is 76.5 Å². The molecule has 0 aliphatic carbocycles. The minimum atomic E-state index is -0.0388. The van der Waals surface area contributed by atoms with Crippen LogP contribution in [0.15, 0.2) is 22.6 Å². The SMILES string of the molecule is COCCN1CCC(CN(C[C@H]2CCCO2)C(=O)c2cc(-c3ccc(C)o3)[nH]n2)CC1. The van der Waals surface area contributed by atoms with Crippen molar-refractivity contribution in [1.29, 1.82) is 0 Å². The summed E-state index contributed by atoms with van der Waals surface area (Å²) in [4.78, 5) is 17.8. The van der Waals surface area contributed by atoms with Gasteiger partial charge in [0, 0.05) is 39.4 Å². The van der Waals surface area contributed by atoms with Crippen LogP contribution in [-0.4, -0.2) is 85.1 Å². The predicted molar refractivity (Wildman–Crippen MR) is 117 cm³/mol. The van der Waals surface area contributed by atoms with E-state index in [1.54, 1.807) is 13.2 Å². The number of nitrogens with zero attached hydrogens (tertiary/aromatic N) is 3. The van der Waals surface area contributed by atoms with Gasteiger partial charge in [-0.3, -0.25) is 9.89 Å². The number of likely N-dealkylation sites (tertiary alicyclic amines) is 1. The minimum absolute atomic E-state index is 0.0388. The van der Waals surface area contributed by atoms with Crippen molar-refractivity contribution in [3.8, 4) is 11.5 Å². The van der Waals surface area contributed by atoms with Crippen molar-refractivity contribution in [1.82, 2.24) is 20.0 Å². The molecule has 2 aromatic rings. The predicted octanol–water partition coefficient (Wildman–Crippen LogP) is 2.96. The maximum atomic E-state index is 13.4. The summed E-state index contributed by atoms with van der Waals surface area (Å²) in [5.74, 6) is 1.98. The topological polar surface area (TPSA) is 83.8 Å². The number of methoxy groups -OCH3 is 1. The van der Waals surface area contributed by atoms with Crippen LogP contribution in [0.25, 0.3) is 11.5 Å². The average molecular weight is 431 g/mol. The van der Waals surface area contributed by atoms with E-state index in [1.807, 2.05) is 24.0 Å². The van der Waals surface area contributed by atoms with Crippen LogP contribution in [0.2, 0.25) is 0 Å². The van der Waals surface area contributed by atoms with Crippen molar-refractivity contribution in [3.63, 3.8) is 0 Å². The Kier molecular flexibility index (Phi) is 7.42. The van der Waals surface area contributed by atoms with Crippen LogP contribution in [0.5, 0.6) is 0 Å². The van der Waals surface area contributed by atoms with Crippen LogP contribution >= 0.6 is 0 Å². The highest BCUT2D eigenvalue weighted by molar-refractivity contribution is 5.93. The molecule has 0 saturated carbocycles. The molecule has 2 aromatic heterocycles. The number of aromatic nitrogens is 2. The molecule has 31 heavy (non-hydrogen) atoms. The summed E-state index contributed by atoms with van der Waals surface area (Å²) in [7, 11) is 1.74. The van der Waals surface area contributed by atoms with Crippen LogP contribution in [0.1, 0.15) is 41.9 Å². The molecule has 2 saturated heterocycles. The Labute approximate surface area is 183 Å². The van der Waals surface area contributed by atoms with Crippen LogP contribution < -0.4 is 0 Å². The Hall–Kier alpha value is -2.16. The van der Waals surface area contributed by atoms with E-state index in [9.17, 15) is 4.79 Å². The molecule has 0 bridgehead atoms. The molecule has 0 spiro atoms. The van der Waals surface area contributed by atoms with Gasteiger partial charge in [0.1, 0.15) is 11.5 Å². The van der Waals surface area contributed by atoms with Crippen molar-refractivity contribution < 1.29 is 18.7 Å². The molecule has 1 atom stereocenters. The molecule has 4 rings (SSSR count). The molecule has 2 fully saturated rings. The first kappa shape index (κ1) is 22.0. The van der Waals surface area contributed by atoms with Gasteiger partial charge in [0.2, 0.25) is 0 Å². The van der Waals surface area contributed by atoms with E-state index in [2.05, 4.69) is 15.1 Å². The number of carbonyl (C=O) groups is 1. The zero-order valence-corrected chi connectivity index (χ0v) is 18.6. The number of ether oxygens (including phenoxy) is 2. The Morgan fingerprint density at radius 3 is 2.81 bits per heavy atom. The van der Waals surface area contributed by atoms with E-state index in [-0.39, 0.29) is 12.0 Å². The monoisotopic (exact) mass is 430 g/mol. The fourth-order valence-corrected chi connectivity index (χ4v) is 4.50. The minimum Gasteiger partial charge on any atom is -0.460 e. The number of piperidine rings is 1. The van der Waals surface area contributed by atoms with Crippen molar-refractivity contribution in [2.45, 2.75) is 38.7 Å². The zero-order valence-electron chi connectivity index (χ0n) is 18.6. The number of aromatic amines is 1. The number of hydrogen-bond acceptors (Lipinski definition) is 6. The summed E-state index contributed by atoms with van der Waals surface area (Å²) in [6.07, 6.45) is 4.38. The molecular weight excluding hydrogens is 396 g/mol. The molecule has 2 aliphatic heterocycles. The lowest BCUT2D eigenvalue weighted by molar-refractivity contribution is 0.0433. The summed E-state index contributed by atoms with van der Waals surface area (Å²) in [5.41, 5.74) is 1.15. The van der Waals surface area contributed by atoms with E-state index in [0.29, 0.717) is 23.9 Å². The lowest BCUT2D eigenvalue weighted by Crippen LogP contribution is -2.44. The first-order chi connectivity index (χ1) is 15.1. The molecule has 1 N–H and O–H groups in total. The number of hydrogen-bond donors (Lipinski definition) is 1. The standard InChI is InChI=1S/C23H34N4O4/c1-17-5-6-22(31-17)20-14-21(25-24-20)23(28)27(16-19-4-3-12-30-19)15-18-7-9-26(10-8-18)11-13-29-2/h5-6,14,18-19H,3-4,7-13,15-16H2,1-2H3,(H,24,25)/t19-/m1/s1. The quantitative estimate of drug-likeness (QED) is 0.659. The van der Waals surface area contributed by atoms with E-state index in [4.69, 9.17) is 13.9 Å². The number of carbonyl (C=O) groups excluding carboxylic acids is 1. The van der Waals surface area contributed by atoms with Gasteiger partial charge in [-0.2, -0.15) is 5.10 Å². The molecule has 1 amide bonds. The van der Waals surface area contributed by atoms with Gasteiger partial charge in [0.05, 0.1) is 12.7 Å². The first-order valence-corrected chi connectivity index (χ1v) is 11.4. The molecule has 8 nitrogen and oxygen atoms in total. The number of nitrogens with one attached hydrogen (secondary N) is 1. The fourth-order valence-electron chi connectivity index (χ4n) is 4.50. The summed E-state index contributed by atoms with van der Waals surface area (Å²) >= 11 is 0. The average Bonchev–Trinajstić information content (AvgIpc) is 3.54. The second kappa shape index (κ2) is 10.4. The molecule has 8 heteroatoms. The molecule has 0 unspecified atom stereocenters. The highest BCUT2D eigenvalue weighted by Gasteiger charge is 2.29.